The van der Waals surface area contributed by atoms with Crippen LogP contribution in [0.15, 0.2) is 18.2 Å². The summed E-state index contributed by atoms with van der Waals surface area (Å²) < 4.78 is 5.07. The third-order valence-electron chi connectivity index (χ3n) is 2.64. The Kier molecular flexibility index (Phi) is 4.03. The summed E-state index contributed by atoms with van der Waals surface area (Å²) in [6.45, 7) is 5.91. The molecule has 1 atom stereocenters. The molecular weight excluding hydrogens is 214 g/mol. The van der Waals surface area contributed by atoms with E-state index in [0.29, 0.717) is 5.75 Å². The van der Waals surface area contributed by atoms with Crippen molar-refractivity contribution in [1.29, 1.82) is 0 Å². The molecule has 2 N–H and O–H groups in total. The van der Waals surface area contributed by atoms with Crippen LogP contribution in [0.2, 0.25) is 0 Å². The van der Waals surface area contributed by atoms with Gasteiger partial charge in [0.1, 0.15) is 0 Å². The van der Waals surface area contributed by atoms with E-state index in [0.717, 1.165) is 5.56 Å². The van der Waals surface area contributed by atoms with Crippen molar-refractivity contribution < 1.29 is 9.84 Å². The molecule has 0 radical (unpaired) electrons. The summed E-state index contributed by atoms with van der Waals surface area (Å²) in [5.41, 5.74) is 0.646. The average molecular weight is 233 g/mol. The van der Waals surface area contributed by atoms with Gasteiger partial charge < -0.3 is 9.84 Å². The summed E-state index contributed by atoms with van der Waals surface area (Å²) in [6, 6.07) is 5.35. The smallest absolute Gasteiger partial charge is 0.160 e. The quantitative estimate of drug-likeness (QED) is 0.785. The predicted molar refractivity (Wildman–Crippen MR) is 69.1 cm³/mol. The molecule has 0 aliphatic heterocycles. The molecule has 0 aliphatic carbocycles. The van der Waals surface area contributed by atoms with Crippen molar-refractivity contribution in [2.45, 2.75) is 32.4 Å². The van der Waals surface area contributed by atoms with Crippen molar-refractivity contribution in [1.82, 2.24) is 5.32 Å². The summed E-state index contributed by atoms with van der Waals surface area (Å²) in [6.07, 6.45) is 5.44. The van der Waals surface area contributed by atoms with Crippen LogP contribution in [0.5, 0.6) is 11.5 Å². The lowest BCUT2D eigenvalue weighted by Crippen LogP contribution is -2.39. The van der Waals surface area contributed by atoms with Gasteiger partial charge in [0.25, 0.3) is 0 Å². The van der Waals surface area contributed by atoms with Crippen molar-refractivity contribution in [3.63, 3.8) is 0 Å². The number of methoxy groups -OCH3 is 1. The maximum absolute atomic E-state index is 9.52. The minimum absolute atomic E-state index is 0.0792. The van der Waals surface area contributed by atoms with Gasteiger partial charge in [-0.1, -0.05) is 12.0 Å². The topological polar surface area (TPSA) is 41.5 Å². The van der Waals surface area contributed by atoms with Gasteiger partial charge >= 0.3 is 0 Å². The maximum atomic E-state index is 9.52. The van der Waals surface area contributed by atoms with Gasteiger partial charge in [0.15, 0.2) is 11.5 Å². The molecule has 0 fully saturated rings. The highest BCUT2D eigenvalue weighted by Gasteiger charge is 2.18. The van der Waals surface area contributed by atoms with Gasteiger partial charge in [-0.3, -0.25) is 5.32 Å². The van der Waals surface area contributed by atoms with Gasteiger partial charge in [-0.05, 0) is 38.5 Å². The van der Waals surface area contributed by atoms with Gasteiger partial charge in [-0.2, -0.15) is 0 Å². The molecule has 0 amide bonds. The lowest BCUT2D eigenvalue weighted by atomic mass is 10.0. The Bertz CT molecular complexity index is 432. The maximum Gasteiger partial charge on any atom is 0.160 e. The zero-order valence-electron chi connectivity index (χ0n) is 10.7. The Hall–Kier alpha value is -1.66. The Morgan fingerprint density at radius 2 is 2.12 bits per heavy atom. The SMILES string of the molecule is C#CC(C)(C)NC(C)c1ccc(O)c(OC)c1. The molecular formula is C14H19NO2. The first kappa shape index (κ1) is 13.4. The highest BCUT2D eigenvalue weighted by Crippen LogP contribution is 2.29. The van der Waals surface area contributed by atoms with Crippen LogP contribution in [0.3, 0.4) is 0 Å². The summed E-state index contributed by atoms with van der Waals surface area (Å²) in [4.78, 5) is 0. The molecule has 1 aromatic carbocycles. The molecule has 0 aliphatic rings. The molecule has 0 heterocycles. The Morgan fingerprint density at radius 1 is 1.47 bits per heavy atom. The molecule has 92 valence electrons. The van der Waals surface area contributed by atoms with Gasteiger partial charge in [0.2, 0.25) is 0 Å². The third kappa shape index (κ3) is 3.40. The first-order valence-corrected chi connectivity index (χ1v) is 5.52. The lowest BCUT2D eigenvalue weighted by Gasteiger charge is -2.25. The molecule has 0 spiro atoms. The number of hydrogen-bond acceptors (Lipinski definition) is 3. The van der Waals surface area contributed by atoms with E-state index in [1.165, 1.54) is 7.11 Å². The Balaban J connectivity index is 2.90. The molecule has 1 unspecified atom stereocenters. The van der Waals surface area contributed by atoms with Crippen molar-refractivity contribution >= 4 is 0 Å². The van der Waals surface area contributed by atoms with Crippen molar-refractivity contribution in [2.75, 3.05) is 7.11 Å². The van der Waals surface area contributed by atoms with Crippen LogP contribution in [0.4, 0.5) is 0 Å². The van der Waals surface area contributed by atoms with Crippen LogP contribution in [0, 0.1) is 12.3 Å². The van der Waals surface area contributed by atoms with Gasteiger partial charge in [0.05, 0.1) is 12.6 Å². The van der Waals surface area contributed by atoms with Crippen molar-refractivity contribution in [3.8, 4) is 23.8 Å². The molecule has 3 heteroatoms. The van der Waals surface area contributed by atoms with E-state index < -0.39 is 0 Å². The standard InChI is InChI=1S/C14H19NO2/c1-6-14(3,4)15-10(2)11-7-8-12(16)13(9-11)17-5/h1,7-10,15-16H,2-5H3. The summed E-state index contributed by atoms with van der Waals surface area (Å²) >= 11 is 0. The van der Waals surface area contributed by atoms with Crippen LogP contribution in [-0.2, 0) is 0 Å². The number of phenols is 1. The number of terminal acetylenes is 1. The number of hydrogen-bond donors (Lipinski definition) is 2. The number of nitrogens with one attached hydrogen (secondary N) is 1. The number of benzene rings is 1. The second-order valence-electron chi connectivity index (χ2n) is 4.57. The van der Waals surface area contributed by atoms with Crippen LogP contribution < -0.4 is 10.1 Å². The van der Waals surface area contributed by atoms with Crippen molar-refractivity contribution in [3.05, 3.63) is 23.8 Å². The summed E-state index contributed by atoms with van der Waals surface area (Å²) in [7, 11) is 1.53. The van der Waals surface area contributed by atoms with E-state index in [9.17, 15) is 5.11 Å². The zero-order chi connectivity index (χ0) is 13.1. The molecule has 0 saturated carbocycles. The highest BCUT2D eigenvalue weighted by atomic mass is 16.5. The average Bonchev–Trinajstić information content (AvgIpc) is 2.29. The number of aromatic hydroxyl groups is 1. The number of phenolic OH excluding ortho intramolecular Hbond substituents is 1. The van der Waals surface area contributed by atoms with Crippen LogP contribution in [0.1, 0.15) is 32.4 Å². The monoisotopic (exact) mass is 233 g/mol. The van der Waals surface area contributed by atoms with E-state index in [-0.39, 0.29) is 17.3 Å². The predicted octanol–water partition coefficient (Wildman–Crippen LogP) is 2.46. The lowest BCUT2D eigenvalue weighted by molar-refractivity contribution is 0.370. The molecule has 0 aromatic heterocycles. The Labute approximate surface area is 103 Å². The van der Waals surface area contributed by atoms with Crippen LogP contribution in [0.25, 0.3) is 0 Å². The fourth-order valence-corrected chi connectivity index (χ4v) is 1.63. The summed E-state index contributed by atoms with van der Waals surface area (Å²) in [5.74, 6) is 3.30. The van der Waals surface area contributed by atoms with E-state index in [2.05, 4.69) is 11.2 Å². The molecule has 0 saturated heterocycles. The summed E-state index contributed by atoms with van der Waals surface area (Å²) in [5, 5.41) is 12.8. The number of rotatable bonds is 4. The van der Waals surface area contributed by atoms with Crippen LogP contribution in [-0.4, -0.2) is 17.8 Å². The van der Waals surface area contributed by atoms with E-state index >= 15 is 0 Å². The number of ether oxygens (including phenoxy) is 1. The first-order chi connectivity index (χ1) is 7.89. The van der Waals surface area contributed by atoms with E-state index in [1.54, 1.807) is 12.1 Å². The van der Waals surface area contributed by atoms with Gasteiger partial charge in [-0.25, -0.2) is 0 Å². The molecule has 1 rings (SSSR count). The largest absolute Gasteiger partial charge is 0.504 e. The third-order valence-corrected chi connectivity index (χ3v) is 2.64. The Morgan fingerprint density at radius 3 is 2.65 bits per heavy atom. The zero-order valence-corrected chi connectivity index (χ0v) is 10.7. The second-order valence-corrected chi connectivity index (χ2v) is 4.57. The van der Waals surface area contributed by atoms with E-state index in [4.69, 9.17) is 11.2 Å². The second kappa shape index (κ2) is 5.11. The minimum atomic E-state index is -0.370. The molecule has 0 bridgehead atoms. The van der Waals surface area contributed by atoms with Gasteiger partial charge in [0, 0.05) is 6.04 Å². The normalized spacial score (nSPS) is 12.9. The fourth-order valence-electron chi connectivity index (χ4n) is 1.63. The molecule has 1 aromatic rings. The first-order valence-electron chi connectivity index (χ1n) is 5.52. The molecule has 3 nitrogen and oxygen atoms in total. The van der Waals surface area contributed by atoms with Crippen LogP contribution >= 0.6 is 0 Å². The van der Waals surface area contributed by atoms with Crippen molar-refractivity contribution in [2.24, 2.45) is 0 Å². The fraction of sp³-hybridized carbons (Fsp3) is 0.429. The highest BCUT2D eigenvalue weighted by molar-refractivity contribution is 5.42. The van der Waals surface area contributed by atoms with Gasteiger partial charge in [-0.15, -0.1) is 6.42 Å². The minimum Gasteiger partial charge on any atom is -0.504 e. The van der Waals surface area contributed by atoms with E-state index in [1.807, 2.05) is 26.8 Å². The molecule has 17 heavy (non-hydrogen) atoms.